The number of carbonyl (C=O) groups is 3. The van der Waals surface area contributed by atoms with E-state index in [-0.39, 0.29) is 30.1 Å². The number of benzene rings is 3. The molecular formula is C27H26FNO7S. The monoisotopic (exact) mass is 527 g/mol. The third-order valence-corrected chi connectivity index (χ3v) is 5.49. The first-order chi connectivity index (χ1) is 17.8. The lowest BCUT2D eigenvalue weighted by atomic mass is 10.0. The van der Waals surface area contributed by atoms with E-state index in [0.29, 0.717) is 17.0 Å². The number of phenolic OH excluding ortho intramolecular Hbond substituents is 1. The highest BCUT2D eigenvalue weighted by molar-refractivity contribution is 7.81. The maximum atomic E-state index is 14.3. The van der Waals surface area contributed by atoms with Crippen LogP contribution < -0.4 is 10.1 Å². The predicted molar refractivity (Wildman–Crippen MR) is 138 cm³/mol. The summed E-state index contributed by atoms with van der Waals surface area (Å²) in [6, 6.07) is 18.5. The van der Waals surface area contributed by atoms with E-state index in [9.17, 15) is 23.9 Å². The molecule has 0 aliphatic heterocycles. The lowest BCUT2D eigenvalue weighted by Crippen LogP contribution is -2.32. The van der Waals surface area contributed by atoms with Gasteiger partial charge >= 0.3 is 12.1 Å². The summed E-state index contributed by atoms with van der Waals surface area (Å²) in [7, 11) is 0. The Kier molecular flexibility index (Phi) is 9.91. The summed E-state index contributed by atoms with van der Waals surface area (Å²) in [5, 5.41) is 12.2. The second kappa shape index (κ2) is 13.3. The van der Waals surface area contributed by atoms with Gasteiger partial charge in [0.2, 0.25) is 0 Å². The number of anilines is 1. The third kappa shape index (κ3) is 8.25. The lowest BCUT2D eigenvalue weighted by Gasteiger charge is -2.28. The van der Waals surface area contributed by atoms with Crippen LogP contribution in [0.15, 0.2) is 72.8 Å². The van der Waals surface area contributed by atoms with Crippen LogP contribution in [-0.2, 0) is 14.3 Å². The molecule has 0 bridgehead atoms. The minimum atomic E-state index is -1.17. The largest absolute Gasteiger partial charge is 0.505 e. The predicted octanol–water partition coefficient (Wildman–Crippen LogP) is 5.33. The number of esters is 1. The number of para-hydroxylation sites is 1. The fourth-order valence-electron chi connectivity index (χ4n) is 3.39. The number of hydrogen-bond donors (Lipinski definition) is 3. The van der Waals surface area contributed by atoms with E-state index in [1.54, 1.807) is 54.6 Å². The normalized spacial score (nSPS) is 12.2. The Balaban J connectivity index is 1.88. The first kappa shape index (κ1) is 27.5. The maximum absolute atomic E-state index is 14.3. The van der Waals surface area contributed by atoms with Gasteiger partial charge in [-0.05, 0) is 61.0 Å². The molecule has 0 saturated carbocycles. The number of thiol groups is 1. The Bertz CT molecular complexity index is 1220. The summed E-state index contributed by atoms with van der Waals surface area (Å²) in [5.74, 6) is -1.81. The van der Waals surface area contributed by atoms with E-state index in [0.717, 1.165) is 12.1 Å². The highest BCUT2D eigenvalue weighted by Gasteiger charge is 2.30. The topological polar surface area (TPSA) is 111 Å². The van der Waals surface area contributed by atoms with E-state index in [2.05, 4.69) is 17.9 Å². The molecule has 0 fully saturated rings. The Morgan fingerprint density at radius 1 is 1.03 bits per heavy atom. The number of rotatable bonds is 11. The molecule has 0 saturated heterocycles. The fraction of sp³-hybridized carbons (Fsp3) is 0.222. The Labute approximate surface area is 218 Å². The van der Waals surface area contributed by atoms with Crippen molar-refractivity contribution in [1.29, 1.82) is 0 Å². The van der Waals surface area contributed by atoms with Crippen LogP contribution >= 0.6 is 12.6 Å². The molecule has 3 rings (SSSR count). The SMILES string of the molecule is CC(=O)c1ccc(NC(=O)O[C@H](c2ccc(O)c(F)c2)[C@@H](CCOC(=O)CS)Oc2ccccc2)cc1. The zero-order chi connectivity index (χ0) is 26.8. The molecule has 194 valence electrons. The zero-order valence-corrected chi connectivity index (χ0v) is 20.8. The van der Waals surface area contributed by atoms with Gasteiger partial charge in [0, 0.05) is 17.7 Å². The second-order valence-corrected chi connectivity index (χ2v) is 8.25. The molecule has 0 aromatic heterocycles. The van der Waals surface area contributed by atoms with Crippen LogP contribution in [0.2, 0.25) is 0 Å². The first-order valence-electron chi connectivity index (χ1n) is 11.3. The van der Waals surface area contributed by atoms with Gasteiger partial charge in [-0.25, -0.2) is 9.18 Å². The van der Waals surface area contributed by atoms with Crippen molar-refractivity contribution in [1.82, 2.24) is 0 Å². The molecule has 2 atom stereocenters. The van der Waals surface area contributed by atoms with Gasteiger partial charge in [-0.15, -0.1) is 0 Å². The highest BCUT2D eigenvalue weighted by Crippen LogP contribution is 2.31. The average molecular weight is 528 g/mol. The van der Waals surface area contributed by atoms with E-state index in [4.69, 9.17) is 14.2 Å². The number of amides is 1. The molecule has 0 heterocycles. The highest BCUT2D eigenvalue weighted by atomic mass is 32.1. The van der Waals surface area contributed by atoms with E-state index < -0.39 is 35.8 Å². The number of phenols is 1. The molecule has 3 aromatic rings. The number of carbonyl (C=O) groups excluding carboxylic acids is 3. The smallest absolute Gasteiger partial charge is 0.412 e. The summed E-state index contributed by atoms with van der Waals surface area (Å²) in [4.78, 5) is 35.9. The lowest BCUT2D eigenvalue weighted by molar-refractivity contribution is -0.141. The maximum Gasteiger partial charge on any atom is 0.412 e. The minimum absolute atomic E-state index is 0.0779. The molecule has 1 amide bonds. The number of hydrogen-bond acceptors (Lipinski definition) is 8. The van der Waals surface area contributed by atoms with Gasteiger partial charge in [0.25, 0.3) is 0 Å². The molecule has 10 heteroatoms. The molecule has 0 unspecified atom stereocenters. The van der Waals surface area contributed by atoms with Crippen LogP contribution in [0.25, 0.3) is 0 Å². The quantitative estimate of drug-likeness (QED) is 0.175. The number of ether oxygens (including phenoxy) is 3. The van der Waals surface area contributed by atoms with Gasteiger partial charge in [-0.1, -0.05) is 24.3 Å². The zero-order valence-electron chi connectivity index (χ0n) is 19.9. The Morgan fingerprint density at radius 3 is 2.35 bits per heavy atom. The van der Waals surface area contributed by atoms with Crippen molar-refractivity contribution in [2.45, 2.75) is 25.6 Å². The Hall–Kier alpha value is -4.05. The number of ketones is 1. The first-order valence-corrected chi connectivity index (χ1v) is 11.9. The molecule has 0 radical (unpaired) electrons. The molecule has 3 aromatic carbocycles. The van der Waals surface area contributed by atoms with Crippen LogP contribution in [0.4, 0.5) is 14.9 Å². The average Bonchev–Trinajstić information content (AvgIpc) is 2.89. The molecule has 8 nitrogen and oxygen atoms in total. The van der Waals surface area contributed by atoms with Crippen LogP contribution in [0, 0.1) is 5.82 Å². The standard InChI is InChI=1S/C27H26FNO7S/c1-17(30)18-7-10-20(11-8-18)29-27(33)36-26(19-9-12-23(31)22(28)15-19)24(13-14-34-25(32)16-37)35-21-5-3-2-4-6-21/h2-12,15,24,26,31,37H,13-14,16H2,1H3,(H,29,33)/t24-,26-/m1/s1. The van der Waals surface area contributed by atoms with Gasteiger partial charge in [-0.3, -0.25) is 14.9 Å². The number of halogens is 1. The van der Waals surface area contributed by atoms with E-state index in [1.807, 2.05) is 0 Å². The molecular weight excluding hydrogens is 501 g/mol. The Morgan fingerprint density at radius 2 is 1.73 bits per heavy atom. The minimum Gasteiger partial charge on any atom is -0.505 e. The van der Waals surface area contributed by atoms with Gasteiger partial charge in [0.05, 0.1) is 12.4 Å². The van der Waals surface area contributed by atoms with Crippen molar-refractivity contribution in [2.75, 3.05) is 17.7 Å². The summed E-state index contributed by atoms with van der Waals surface area (Å²) < 4.78 is 31.2. The van der Waals surface area contributed by atoms with Crippen molar-refractivity contribution < 1.29 is 38.1 Å². The molecule has 37 heavy (non-hydrogen) atoms. The summed E-state index contributed by atoms with van der Waals surface area (Å²) in [5.41, 5.74) is 1.05. The summed E-state index contributed by atoms with van der Waals surface area (Å²) in [6.07, 6.45) is -2.86. The summed E-state index contributed by atoms with van der Waals surface area (Å²) >= 11 is 3.88. The van der Waals surface area contributed by atoms with Crippen molar-refractivity contribution in [3.63, 3.8) is 0 Å². The van der Waals surface area contributed by atoms with E-state index >= 15 is 0 Å². The van der Waals surface area contributed by atoms with Gasteiger partial charge in [0.1, 0.15) is 11.9 Å². The molecule has 2 N–H and O–H groups in total. The van der Waals surface area contributed by atoms with Crippen LogP contribution in [0.1, 0.15) is 35.4 Å². The van der Waals surface area contributed by atoms with Crippen molar-refractivity contribution in [2.24, 2.45) is 0 Å². The third-order valence-electron chi connectivity index (χ3n) is 5.23. The van der Waals surface area contributed by atoms with E-state index in [1.165, 1.54) is 13.0 Å². The van der Waals surface area contributed by atoms with Crippen LogP contribution in [-0.4, -0.2) is 41.4 Å². The van der Waals surface area contributed by atoms with Gasteiger partial charge in [-0.2, -0.15) is 12.6 Å². The number of Topliss-reactive ketones (excluding diaryl/α,β-unsaturated/α-hetero) is 1. The fourth-order valence-corrected chi connectivity index (χ4v) is 3.48. The van der Waals surface area contributed by atoms with Crippen LogP contribution in [0.3, 0.4) is 0 Å². The molecule has 0 spiro atoms. The summed E-state index contributed by atoms with van der Waals surface area (Å²) in [6.45, 7) is 1.35. The second-order valence-electron chi connectivity index (χ2n) is 7.93. The number of nitrogens with one attached hydrogen (secondary N) is 1. The molecule has 0 aliphatic rings. The molecule has 0 aliphatic carbocycles. The van der Waals surface area contributed by atoms with Crippen molar-refractivity contribution >= 4 is 36.2 Å². The number of aromatic hydroxyl groups is 1. The van der Waals surface area contributed by atoms with Crippen molar-refractivity contribution in [3.05, 3.63) is 89.7 Å². The van der Waals surface area contributed by atoms with Crippen LogP contribution in [0.5, 0.6) is 11.5 Å². The van der Waals surface area contributed by atoms with Gasteiger partial charge in [0.15, 0.2) is 23.5 Å². The van der Waals surface area contributed by atoms with Crippen molar-refractivity contribution in [3.8, 4) is 11.5 Å². The van der Waals surface area contributed by atoms with Gasteiger partial charge < -0.3 is 19.3 Å².